The van der Waals surface area contributed by atoms with Crippen molar-refractivity contribution in [3.63, 3.8) is 0 Å². The molecular weight excluding hydrogens is 442 g/mol. The Morgan fingerprint density at radius 3 is 2.29 bits per heavy atom. The summed E-state index contributed by atoms with van der Waals surface area (Å²) in [7, 11) is 3.26. The molecule has 1 aliphatic rings. The van der Waals surface area contributed by atoms with Crippen LogP contribution in [0.5, 0.6) is 11.5 Å². The van der Waals surface area contributed by atoms with Crippen molar-refractivity contribution in [1.29, 1.82) is 0 Å². The van der Waals surface area contributed by atoms with Crippen LogP contribution in [0.25, 0.3) is 10.9 Å². The SMILES string of the molecule is COc1cc2ncnc(N3CCN(c4ncc(NCc5cccc(C)c5)cn4)CC3)c2cc1OC. The number of benzene rings is 2. The van der Waals surface area contributed by atoms with Gasteiger partial charge in [0.2, 0.25) is 5.95 Å². The molecule has 0 amide bonds. The van der Waals surface area contributed by atoms with E-state index < -0.39 is 0 Å². The molecule has 1 fully saturated rings. The molecule has 0 spiro atoms. The minimum Gasteiger partial charge on any atom is -0.493 e. The maximum Gasteiger partial charge on any atom is 0.225 e. The van der Waals surface area contributed by atoms with Crippen LogP contribution in [0.2, 0.25) is 0 Å². The minimum absolute atomic E-state index is 0.656. The smallest absolute Gasteiger partial charge is 0.225 e. The predicted molar refractivity (Wildman–Crippen MR) is 138 cm³/mol. The molecule has 0 aliphatic carbocycles. The zero-order valence-corrected chi connectivity index (χ0v) is 20.2. The largest absolute Gasteiger partial charge is 0.493 e. The van der Waals surface area contributed by atoms with Crippen LogP contribution < -0.4 is 24.6 Å². The molecule has 1 aliphatic heterocycles. The number of hydrogen-bond acceptors (Lipinski definition) is 9. The molecule has 0 bridgehead atoms. The molecule has 35 heavy (non-hydrogen) atoms. The van der Waals surface area contributed by atoms with Gasteiger partial charge in [0, 0.05) is 44.2 Å². The third-order valence-electron chi connectivity index (χ3n) is 6.20. The first-order valence-corrected chi connectivity index (χ1v) is 11.6. The van der Waals surface area contributed by atoms with Gasteiger partial charge < -0.3 is 24.6 Å². The second-order valence-corrected chi connectivity index (χ2v) is 8.51. The van der Waals surface area contributed by atoms with Gasteiger partial charge in [0.15, 0.2) is 11.5 Å². The number of aryl methyl sites for hydroxylation is 1. The fourth-order valence-corrected chi connectivity index (χ4v) is 4.34. The van der Waals surface area contributed by atoms with Crippen molar-refractivity contribution in [3.8, 4) is 11.5 Å². The normalized spacial score (nSPS) is 13.7. The van der Waals surface area contributed by atoms with E-state index in [0.717, 1.165) is 61.1 Å². The number of aromatic nitrogens is 4. The molecule has 180 valence electrons. The molecule has 0 atom stereocenters. The molecule has 1 saturated heterocycles. The zero-order chi connectivity index (χ0) is 24.2. The maximum absolute atomic E-state index is 5.49. The molecule has 1 N–H and O–H groups in total. The van der Waals surface area contributed by atoms with E-state index in [-0.39, 0.29) is 0 Å². The number of methoxy groups -OCH3 is 2. The van der Waals surface area contributed by atoms with Crippen molar-refractivity contribution in [2.75, 3.05) is 55.5 Å². The predicted octanol–water partition coefficient (Wildman–Crippen LogP) is 3.68. The Balaban J connectivity index is 1.24. The fraction of sp³-hybridized carbons (Fsp3) is 0.308. The van der Waals surface area contributed by atoms with Crippen molar-refractivity contribution in [2.45, 2.75) is 13.5 Å². The van der Waals surface area contributed by atoms with E-state index in [1.54, 1.807) is 20.5 Å². The number of anilines is 3. The van der Waals surface area contributed by atoms with E-state index in [9.17, 15) is 0 Å². The summed E-state index contributed by atoms with van der Waals surface area (Å²) in [6.07, 6.45) is 5.30. The molecule has 4 aromatic rings. The number of fused-ring (bicyclic) bond motifs is 1. The monoisotopic (exact) mass is 471 g/mol. The lowest BCUT2D eigenvalue weighted by molar-refractivity contribution is 0.356. The fourth-order valence-electron chi connectivity index (χ4n) is 4.34. The van der Waals surface area contributed by atoms with E-state index in [1.807, 2.05) is 24.5 Å². The average Bonchev–Trinajstić information content (AvgIpc) is 2.91. The summed E-state index contributed by atoms with van der Waals surface area (Å²) < 4.78 is 10.9. The summed E-state index contributed by atoms with van der Waals surface area (Å²) in [5.74, 6) is 2.96. The first-order valence-electron chi connectivity index (χ1n) is 11.6. The van der Waals surface area contributed by atoms with Crippen LogP contribution in [0.3, 0.4) is 0 Å². The summed E-state index contributed by atoms with van der Waals surface area (Å²) in [6, 6.07) is 12.3. The Kier molecular flexibility index (Phi) is 6.47. The maximum atomic E-state index is 5.49. The molecule has 0 unspecified atom stereocenters. The highest BCUT2D eigenvalue weighted by molar-refractivity contribution is 5.92. The van der Waals surface area contributed by atoms with Crippen LogP contribution in [0.15, 0.2) is 55.1 Å². The van der Waals surface area contributed by atoms with E-state index >= 15 is 0 Å². The molecule has 3 heterocycles. The van der Waals surface area contributed by atoms with Crippen molar-refractivity contribution in [3.05, 3.63) is 66.2 Å². The molecule has 9 heteroatoms. The van der Waals surface area contributed by atoms with Gasteiger partial charge in [-0.3, -0.25) is 0 Å². The van der Waals surface area contributed by atoms with Gasteiger partial charge in [0.25, 0.3) is 0 Å². The topological polar surface area (TPSA) is 88.5 Å². The summed E-state index contributed by atoms with van der Waals surface area (Å²) in [5, 5.41) is 4.34. The number of ether oxygens (including phenoxy) is 2. The minimum atomic E-state index is 0.656. The number of nitrogens with one attached hydrogen (secondary N) is 1. The molecule has 5 rings (SSSR count). The van der Waals surface area contributed by atoms with Gasteiger partial charge in [-0.2, -0.15) is 0 Å². The van der Waals surface area contributed by atoms with Crippen LogP contribution in [-0.4, -0.2) is 60.3 Å². The highest BCUT2D eigenvalue weighted by atomic mass is 16.5. The van der Waals surface area contributed by atoms with Crippen LogP contribution >= 0.6 is 0 Å². The van der Waals surface area contributed by atoms with Crippen LogP contribution in [0.1, 0.15) is 11.1 Å². The lowest BCUT2D eigenvalue weighted by atomic mass is 10.1. The van der Waals surface area contributed by atoms with Gasteiger partial charge in [-0.05, 0) is 18.6 Å². The highest BCUT2D eigenvalue weighted by Gasteiger charge is 2.22. The van der Waals surface area contributed by atoms with Gasteiger partial charge in [0.05, 0.1) is 37.8 Å². The van der Waals surface area contributed by atoms with E-state index in [0.29, 0.717) is 11.5 Å². The summed E-state index contributed by atoms with van der Waals surface area (Å²) in [5.41, 5.74) is 4.22. The van der Waals surface area contributed by atoms with Gasteiger partial charge in [-0.25, -0.2) is 19.9 Å². The number of hydrogen-bond donors (Lipinski definition) is 1. The Bertz CT molecular complexity index is 1310. The standard InChI is InChI=1S/C26H29N7O2/c1-18-5-4-6-19(11-18)14-27-20-15-28-26(29-16-20)33-9-7-32(8-10-33)25-21-12-23(34-2)24(35-3)13-22(21)30-17-31-25/h4-6,11-13,15-17,27H,7-10,14H2,1-3H3. The van der Waals surface area contributed by atoms with Gasteiger partial charge in [-0.1, -0.05) is 29.8 Å². The third kappa shape index (κ3) is 4.89. The quantitative estimate of drug-likeness (QED) is 0.433. The average molecular weight is 472 g/mol. The van der Waals surface area contributed by atoms with Crippen molar-refractivity contribution < 1.29 is 9.47 Å². The summed E-state index contributed by atoms with van der Waals surface area (Å²) >= 11 is 0. The van der Waals surface area contributed by atoms with Crippen LogP contribution in [-0.2, 0) is 6.54 Å². The van der Waals surface area contributed by atoms with Gasteiger partial charge in [-0.15, -0.1) is 0 Å². The second kappa shape index (κ2) is 10.0. The van der Waals surface area contributed by atoms with Crippen molar-refractivity contribution in [2.24, 2.45) is 0 Å². The number of piperazine rings is 1. The molecule has 9 nitrogen and oxygen atoms in total. The number of rotatable bonds is 7. The number of nitrogens with zero attached hydrogens (tertiary/aromatic N) is 6. The van der Waals surface area contributed by atoms with Gasteiger partial charge >= 0.3 is 0 Å². The van der Waals surface area contributed by atoms with Crippen LogP contribution in [0.4, 0.5) is 17.5 Å². The highest BCUT2D eigenvalue weighted by Crippen LogP contribution is 2.35. The van der Waals surface area contributed by atoms with Gasteiger partial charge in [0.1, 0.15) is 12.1 Å². The third-order valence-corrected chi connectivity index (χ3v) is 6.20. The summed E-state index contributed by atoms with van der Waals surface area (Å²) in [4.78, 5) is 22.7. The van der Waals surface area contributed by atoms with Crippen molar-refractivity contribution >= 4 is 28.4 Å². The summed E-state index contributed by atoms with van der Waals surface area (Å²) in [6.45, 7) is 6.05. The van der Waals surface area contributed by atoms with E-state index in [2.05, 4.69) is 66.2 Å². The Morgan fingerprint density at radius 1 is 0.857 bits per heavy atom. The van der Waals surface area contributed by atoms with Crippen LogP contribution in [0, 0.1) is 6.92 Å². The first kappa shape index (κ1) is 22.6. The molecule has 2 aromatic carbocycles. The lowest BCUT2D eigenvalue weighted by Crippen LogP contribution is -2.47. The molecule has 0 saturated carbocycles. The Morgan fingerprint density at radius 2 is 1.57 bits per heavy atom. The van der Waals surface area contributed by atoms with E-state index in [4.69, 9.17) is 9.47 Å². The zero-order valence-electron chi connectivity index (χ0n) is 20.2. The Labute approximate surface area is 204 Å². The lowest BCUT2D eigenvalue weighted by Gasteiger charge is -2.35. The van der Waals surface area contributed by atoms with Crippen molar-refractivity contribution in [1.82, 2.24) is 19.9 Å². The first-order chi connectivity index (χ1) is 17.1. The van der Waals surface area contributed by atoms with E-state index in [1.165, 1.54) is 11.1 Å². The molecular formula is C26H29N7O2. The molecule has 0 radical (unpaired) electrons. The second-order valence-electron chi connectivity index (χ2n) is 8.51. The molecule has 2 aromatic heterocycles. The Hall–Kier alpha value is -4.14.